The summed E-state index contributed by atoms with van der Waals surface area (Å²) in [5, 5.41) is 0. The number of carbonyl (C=O) groups is 1. The molecule has 4 heteroatoms. The van der Waals surface area contributed by atoms with Crippen LogP contribution >= 0.6 is 11.8 Å². The van der Waals surface area contributed by atoms with Crippen LogP contribution in [0.1, 0.15) is 17.4 Å². The molecule has 0 fully saturated rings. The minimum absolute atomic E-state index is 0.0764. The molecule has 1 aromatic carbocycles. The van der Waals surface area contributed by atoms with Crippen molar-refractivity contribution in [2.45, 2.75) is 16.7 Å². The predicted molar refractivity (Wildman–Crippen MR) is 64.8 cm³/mol. The molecule has 17 heavy (non-hydrogen) atoms. The van der Waals surface area contributed by atoms with E-state index in [4.69, 9.17) is 0 Å². The van der Waals surface area contributed by atoms with Crippen LogP contribution in [0.15, 0.2) is 52.4 Å². The summed E-state index contributed by atoms with van der Waals surface area (Å²) in [6.07, 6.45) is 1.58. The Labute approximate surface area is 103 Å². The quantitative estimate of drug-likeness (QED) is 0.776. The van der Waals surface area contributed by atoms with Crippen LogP contribution in [0.25, 0.3) is 0 Å². The zero-order chi connectivity index (χ0) is 12.3. The first-order valence-electron chi connectivity index (χ1n) is 5.06. The van der Waals surface area contributed by atoms with Crippen molar-refractivity contribution in [1.82, 2.24) is 4.98 Å². The van der Waals surface area contributed by atoms with Crippen LogP contribution in [0.4, 0.5) is 4.39 Å². The number of pyridine rings is 1. The van der Waals surface area contributed by atoms with Gasteiger partial charge in [0.2, 0.25) is 0 Å². The Kier molecular flexibility index (Phi) is 3.54. The number of rotatable bonds is 3. The molecule has 0 unspecified atom stereocenters. The van der Waals surface area contributed by atoms with Gasteiger partial charge in [0.1, 0.15) is 11.5 Å². The maximum absolute atomic E-state index is 13.4. The predicted octanol–water partition coefficient (Wildman–Crippen LogP) is 3.57. The molecule has 0 aliphatic heterocycles. The second-order valence-corrected chi connectivity index (χ2v) is 4.58. The molecule has 2 nitrogen and oxygen atoms in total. The highest BCUT2D eigenvalue weighted by Gasteiger charge is 2.05. The molecule has 0 aliphatic rings. The summed E-state index contributed by atoms with van der Waals surface area (Å²) in [6.45, 7) is 1.46. The number of carbonyl (C=O) groups excluding carboxylic acids is 1. The molecule has 0 saturated heterocycles. The van der Waals surface area contributed by atoms with Gasteiger partial charge in [0.25, 0.3) is 0 Å². The first-order chi connectivity index (χ1) is 8.16. The fraction of sp³-hybridized carbons (Fsp3) is 0.0769. The van der Waals surface area contributed by atoms with Crippen molar-refractivity contribution in [1.29, 1.82) is 0 Å². The van der Waals surface area contributed by atoms with Crippen LogP contribution in [0.5, 0.6) is 0 Å². The van der Waals surface area contributed by atoms with Crippen LogP contribution in [0, 0.1) is 5.82 Å². The molecule has 1 heterocycles. The largest absolute Gasteiger partial charge is 0.293 e. The Morgan fingerprint density at radius 3 is 2.59 bits per heavy atom. The highest BCUT2D eigenvalue weighted by molar-refractivity contribution is 7.99. The van der Waals surface area contributed by atoms with Gasteiger partial charge in [-0.15, -0.1) is 0 Å². The molecule has 0 radical (unpaired) electrons. The van der Waals surface area contributed by atoms with E-state index in [9.17, 15) is 9.18 Å². The zero-order valence-corrected chi connectivity index (χ0v) is 10.00. The third kappa shape index (κ3) is 2.91. The van der Waals surface area contributed by atoms with Crippen molar-refractivity contribution >= 4 is 17.5 Å². The summed E-state index contributed by atoms with van der Waals surface area (Å²) in [5.74, 6) is -0.333. The van der Waals surface area contributed by atoms with E-state index in [0.29, 0.717) is 10.6 Å². The number of benzene rings is 1. The molecule has 0 saturated carbocycles. The van der Waals surface area contributed by atoms with E-state index in [1.54, 1.807) is 36.5 Å². The molecule has 0 aliphatic carbocycles. The second kappa shape index (κ2) is 5.10. The lowest BCUT2D eigenvalue weighted by molar-refractivity contribution is 0.101. The first-order valence-corrected chi connectivity index (χ1v) is 5.88. The van der Waals surface area contributed by atoms with Gasteiger partial charge < -0.3 is 0 Å². The van der Waals surface area contributed by atoms with Crippen LogP contribution < -0.4 is 0 Å². The minimum Gasteiger partial charge on any atom is -0.293 e. The summed E-state index contributed by atoms with van der Waals surface area (Å²) in [5.41, 5.74) is 0.419. The maximum Gasteiger partial charge on any atom is 0.178 e. The van der Waals surface area contributed by atoms with Crippen molar-refractivity contribution in [2.75, 3.05) is 0 Å². The third-order valence-corrected chi connectivity index (χ3v) is 3.19. The molecular weight excluding hydrogens is 237 g/mol. The van der Waals surface area contributed by atoms with Gasteiger partial charge in [0, 0.05) is 22.9 Å². The van der Waals surface area contributed by atoms with E-state index in [0.717, 1.165) is 4.90 Å². The van der Waals surface area contributed by atoms with Gasteiger partial charge in [0.05, 0.1) is 0 Å². The van der Waals surface area contributed by atoms with E-state index in [-0.39, 0.29) is 11.6 Å². The minimum atomic E-state index is -0.256. The van der Waals surface area contributed by atoms with Gasteiger partial charge in [-0.05, 0) is 24.3 Å². The fourth-order valence-corrected chi connectivity index (χ4v) is 2.11. The van der Waals surface area contributed by atoms with Crippen molar-refractivity contribution in [3.05, 3.63) is 54.1 Å². The Morgan fingerprint density at radius 2 is 2.00 bits per heavy atom. The number of hydrogen-bond donors (Lipinski definition) is 0. The summed E-state index contributed by atoms with van der Waals surface area (Å²) in [7, 11) is 0. The van der Waals surface area contributed by atoms with Gasteiger partial charge in [-0.3, -0.25) is 9.78 Å². The fourth-order valence-electron chi connectivity index (χ4n) is 1.30. The van der Waals surface area contributed by atoms with Gasteiger partial charge in [0.15, 0.2) is 5.78 Å². The molecule has 0 atom stereocenters. The van der Waals surface area contributed by atoms with Gasteiger partial charge in [-0.1, -0.05) is 23.9 Å². The Bertz CT molecular complexity index is 539. The average Bonchev–Trinajstić information content (AvgIpc) is 2.33. The number of aromatic nitrogens is 1. The normalized spacial score (nSPS) is 10.2. The second-order valence-electron chi connectivity index (χ2n) is 3.47. The molecule has 86 valence electrons. The molecule has 0 spiro atoms. The van der Waals surface area contributed by atoms with Crippen molar-refractivity contribution in [3.63, 3.8) is 0 Å². The molecule has 1 aromatic heterocycles. The first kappa shape index (κ1) is 11.8. The van der Waals surface area contributed by atoms with E-state index in [2.05, 4.69) is 4.98 Å². The summed E-state index contributed by atoms with van der Waals surface area (Å²) in [6, 6.07) is 9.96. The van der Waals surface area contributed by atoms with Gasteiger partial charge >= 0.3 is 0 Å². The van der Waals surface area contributed by atoms with E-state index < -0.39 is 0 Å². The lowest BCUT2D eigenvalue weighted by Crippen LogP contribution is -1.95. The summed E-state index contributed by atoms with van der Waals surface area (Å²) < 4.78 is 13.4. The SMILES string of the molecule is CC(=O)c1ccc(Sc2ccccc2F)cn1. The van der Waals surface area contributed by atoms with E-state index in [1.807, 2.05) is 0 Å². The molecular formula is C13H10FNOS. The number of ketones is 1. The number of Topliss-reactive ketones (excluding diaryl/α,β-unsaturated/α-hetero) is 1. The standard InChI is InChI=1S/C13H10FNOS/c1-9(16)12-7-6-10(8-15-12)17-13-5-3-2-4-11(13)14/h2-8H,1H3. The van der Waals surface area contributed by atoms with Crippen LogP contribution in [0.2, 0.25) is 0 Å². The topological polar surface area (TPSA) is 30.0 Å². The Morgan fingerprint density at radius 1 is 1.24 bits per heavy atom. The van der Waals surface area contributed by atoms with E-state index >= 15 is 0 Å². The van der Waals surface area contributed by atoms with Gasteiger partial charge in [-0.25, -0.2) is 4.39 Å². The average molecular weight is 247 g/mol. The van der Waals surface area contributed by atoms with Crippen molar-refractivity contribution in [3.8, 4) is 0 Å². The smallest absolute Gasteiger partial charge is 0.178 e. The monoisotopic (exact) mass is 247 g/mol. The van der Waals surface area contributed by atoms with Crippen LogP contribution in [0.3, 0.4) is 0 Å². The number of nitrogens with zero attached hydrogens (tertiary/aromatic N) is 1. The summed E-state index contributed by atoms with van der Waals surface area (Å²) >= 11 is 1.29. The Hall–Kier alpha value is -1.68. The molecule has 2 aromatic rings. The highest BCUT2D eigenvalue weighted by atomic mass is 32.2. The molecule has 0 amide bonds. The zero-order valence-electron chi connectivity index (χ0n) is 9.18. The highest BCUT2D eigenvalue weighted by Crippen LogP contribution is 2.28. The number of halogens is 1. The lowest BCUT2D eigenvalue weighted by atomic mass is 10.3. The third-order valence-electron chi connectivity index (χ3n) is 2.16. The summed E-state index contributed by atoms with van der Waals surface area (Å²) in [4.78, 5) is 16.4. The van der Waals surface area contributed by atoms with Crippen molar-refractivity contribution in [2.24, 2.45) is 0 Å². The number of hydrogen-bond acceptors (Lipinski definition) is 3. The van der Waals surface area contributed by atoms with Crippen LogP contribution in [-0.4, -0.2) is 10.8 Å². The Balaban J connectivity index is 2.20. The molecule has 2 rings (SSSR count). The molecule has 0 N–H and O–H groups in total. The van der Waals surface area contributed by atoms with Gasteiger partial charge in [-0.2, -0.15) is 0 Å². The van der Waals surface area contributed by atoms with E-state index in [1.165, 1.54) is 24.8 Å². The lowest BCUT2D eigenvalue weighted by Gasteiger charge is -2.02. The van der Waals surface area contributed by atoms with Crippen molar-refractivity contribution < 1.29 is 9.18 Å². The maximum atomic E-state index is 13.4. The molecule has 0 bridgehead atoms. The van der Waals surface area contributed by atoms with Crippen LogP contribution in [-0.2, 0) is 0 Å².